The second kappa shape index (κ2) is 11.1. The summed E-state index contributed by atoms with van der Waals surface area (Å²) in [7, 11) is 3.68. The molecule has 8 nitrogen and oxygen atoms in total. The van der Waals surface area contributed by atoms with Crippen molar-refractivity contribution in [1.29, 1.82) is 0 Å². The van der Waals surface area contributed by atoms with E-state index in [0.717, 1.165) is 69.0 Å². The van der Waals surface area contributed by atoms with Crippen LogP contribution in [0.4, 0.5) is 0 Å². The standard InChI is InChI=1S/C23H37N7O/c1-18(2)17-29-12-14-30(15-13-29)23(25-16-22-27-26-19(3)28(22)4)24-11-10-20-6-8-21(31-5)9-7-20/h6-9,18H,10-17H2,1-5H3,(H,24,25). The second-order valence-corrected chi connectivity index (χ2v) is 8.57. The van der Waals surface area contributed by atoms with Gasteiger partial charge in [-0.1, -0.05) is 26.0 Å². The Morgan fingerprint density at radius 2 is 1.84 bits per heavy atom. The Bertz CT molecular complexity index is 836. The number of aromatic nitrogens is 3. The van der Waals surface area contributed by atoms with Gasteiger partial charge < -0.3 is 19.5 Å². The maximum Gasteiger partial charge on any atom is 0.194 e. The van der Waals surface area contributed by atoms with Crippen LogP contribution >= 0.6 is 0 Å². The van der Waals surface area contributed by atoms with Crippen LogP contribution in [-0.4, -0.2) is 76.9 Å². The number of methoxy groups -OCH3 is 1. The molecule has 1 aromatic heterocycles. The van der Waals surface area contributed by atoms with Gasteiger partial charge in [-0.3, -0.25) is 4.90 Å². The number of nitrogens with one attached hydrogen (secondary N) is 1. The maximum absolute atomic E-state index is 5.25. The highest BCUT2D eigenvalue weighted by Crippen LogP contribution is 2.12. The van der Waals surface area contributed by atoms with Crippen LogP contribution in [0.2, 0.25) is 0 Å². The Kier molecular flexibility index (Phi) is 8.28. The molecule has 31 heavy (non-hydrogen) atoms. The van der Waals surface area contributed by atoms with Crippen LogP contribution in [-0.2, 0) is 20.0 Å². The zero-order chi connectivity index (χ0) is 22.2. The molecule has 0 bridgehead atoms. The van der Waals surface area contributed by atoms with Crippen molar-refractivity contribution in [2.75, 3.05) is 46.4 Å². The number of aryl methyl sites for hydroxylation is 1. The smallest absolute Gasteiger partial charge is 0.194 e. The van der Waals surface area contributed by atoms with Gasteiger partial charge in [0.25, 0.3) is 0 Å². The molecule has 0 aliphatic carbocycles. The molecule has 170 valence electrons. The molecule has 1 fully saturated rings. The van der Waals surface area contributed by atoms with Crippen LogP contribution in [0, 0.1) is 12.8 Å². The molecule has 1 aliphatic heterocycles. The van der Waals surface area contributed by atoms with E-state index in [4.69, 9.17) is 9.73 Å². The normalized spacial score (nSPS) is 15.5. The Morgan fingerprint density at radius 1 is 1.13 bits per heavy atom. The lowest BCUT2D eigenvalue weighted by molar-refractivity contribution is 0.164. The largest absolute Gasteiger partial charge is 0.497 e. The fourth-order valence-electron chi connectivity index (χ4n) is 3.77. The highest BCUT2D eigenvalue weighted by Gasteiger charge is 2.20. The fraction of sp³-hybridized carbons (Fsp3) is 0.609. The zero-order valence-electron chi connectivity index (χ0n) is 19.6. The van der Waals surface area contributed by atoms with E-state index in [1.165, 1.54) is 5.56 Å². The van der Waals surface area contributed by atoms with E-state index >= 15 is 0 Å². The Balaban J connectivity index is 1.62. The number of benzene rings is 1. The highest BCUT2D eigenvalue weighted by molar-refractivity contribution is 5.80. The second-order valence-electron chi connectivity index (χ2n) is 8.57. The average Bonchev–Trinajstić information content (AvgIpc) is 3.09. The van der Waals surface area contributed by atoms with Crippen LogP contribution in [0.5, 0.6) is 5.75 Å². The Labute approximate surface area is 186 Å². The number of guanidine groups is 1. The van der Waals surface area contributed by atoms with E-state index < -0.39 is 0 Å². The predicted octanol–water partition coefficient (Wildman–Crippen LogP) is 2.09. The van der Waals surface area contributed by atoms with Gasteiger partial charge in [-0.05, 0) is 37.0 Å². The molecule has 0 unspecified atom stereocenters. The van der Waals surface area contributed by atoms with Gasteiger partial charge in [0.15, 0.2) is 11.8 Å². The molecule has 1 aromatic carbocycles. The summed E-state index contributed by atoms with van der Waals surface area (Å²) in [4.78, 5) is 9.82. The van der Waals surface area contributed by atoms with Crippen LogP contribution in [0.15, 0.2) is 29.3 Å². The minimum absolute atomic E-state index is 0.522. The minimum atomic E-state index is 0.522. The van der Waals surface area contributed by atoms with E-state index in [1.54, 1.807) is 7.11 Å². The molecule has 0 amide bonds. The summed E-state index contributed by atoms with van der Waals surface area (Å²) in [6, 6.07) is 8.25. The van der Waals surface area contributed by atoms with Crippen molar-refractivity contribution in [2.24, 2.45) is 18.0 Å². The Morgan fingerprint density at radius 3 is 2.42 bits per heavy atom. The molecule has 1 aliphatic rings. The molecule has 1 saturated heterocycles. The van der Waals surface area contributed by atoms with E-state index in [-0.39, 0.29) is 0 Å². The van der Waals surface area contributed by atoms with Crippen LogP contribution in [0.25, 0.3) is 0 Å². The number of rotatable bonds is 8. The summed E-state index contributed by atoms with van der Waals surface area (Å²) >= 11 is 0. The first kappa shape index (κ1) is 23.1. The van der Waals surface area contributed by atoms with E-state index in [2.05, 4.69) is 51.3 Å². The summed E-state index contributed by atoms with van der Waals surface area (Å²) in [5, 5.41) is 12.0. The number of hydrogen-bond donors (Lipinski definition) is 1. The third-order valence-corrected chi connectivity index (χ3v) is 5.70. The molecule has 0 radical (unpaired) electrons. The summed E-state index contributed by atoms with van der Waals surface area (Å²) in [5.74, 6) is 4.32. The van der Waals surface area contributed by atoms with Crippen LogP contribution < -0.4 is 10.1 Å². The first-order valence-electron chi connectivity index (χ1n) is 11.2. The first-order chi connectivity index (χ1) is 15.0. The average molecular weight is 428 g/mol. The van der Waals surface area contributed by atoms with Crippen molar-refractivity contribution >= 4 is 5.96 Å². The molecular weight excluding hydrogens is 390 g/mol. The van der Waals surface area contributed by atoms with Crippen molar-refractivity contribution in [3.8, 4) is 5.75 Å². The van der Waals surface area contributed by atoms with Crippen molar-refractivity contribution < 1.29 is 4.74 Å². The SMILES string of the molecule is COc1ccc(CCNC(=NCc2nnc(C)n2C)N2CCN(CC(C)C)CC2)cc1. The summed E-state index contributed by atoms with van der Waals surface area (Å²) in [5.41, 5.74) is 1.28. The summed E-state index contributed by atoms with van der Waals surface area (Å²) < 4.78 is 7.25. The van der Waals surface area contributed by atoms with E-state index in [1.807, 2.05) is 30.7 Å². The number of hydrogen-bond acceptors (Lipinski definition) is 5. The lowest BCUT2D eigenvalue weighted by Gasteiger charge is -2.37. The van der Waals surface area contributed by atoms with Crippen LogP contribution in [0.3, 0.4) is 0 Å². The lowest BCUT2D eigenvalue weighted by Crippen LogP contribution is -2.53. The summed E-state index contributed by atoms with van der Waals surface area (Å²) in [6.07, 6.45) is 0.930. The molecule has 2 heterocycles. The van der Waals surface area contributed by atoms with Gasteiger partial charge in [0.1, 0.15) is 18.1 Å². The molecule has 3 rings (SSSR count). The van der Waals surface area contributed by atoms with E-state index in [0.29, 0.717) is 12.5 Å². The highest BCUT2D eigenvalue weighted by atomic mass is 16.5. The van der Waals surface area contributed by atoms with Crippen LogP contribution in [0.1, 0.15) is 31.1 Å². The minimum Gasteiger partial charge on any atom is -0.497 e. The van der Waals surface area contributed by atoms with E-state index in [9.17, 15) is 0 Å². The molecule has 0 spiro atoms. The zero-order valence-corrected chi connectivity index (χ0v) is 19.6. The maximum atomic E-state index is 5.25. The first-order valence-corrected chi connectivity index (χ1v) is 11.2. The monoisotopic (exact) mass is 427 g/mol. The van der Waals surface area contributed by atoms with Crippen molar-refractivity contribution in [1.82, 2.24) is 29.9 Å². The molecular formula is C23H37N7O. The lowest BCUT2D eigenvalue weighted by atomic mass is 10.1. The van der Waals surface area contributed by atoms with Gasteiger partial charge in [-0.2, -0.15) is 0 Å². The third kappa shape index (κ3) is 6.69. The quantitative estimate of drug-likeness (QED) is 0.514. The van der Waals surface area contributed by atoms with Gasteiger partial charge in [0.05, 0.1) is 7.11 Å². The third-order valence-electron chi connectivity index (χ3n) is 5.70. The van der Waals surface area contributed by atoms with Crippen molar-refractivity contribution in [3.63, 3.8) is 0 Å². The molecule has 8 heteroatoms. The number of ether oxygens (including phenoxy) is 1. The van der Waals surface area contributed by atoms with Gasteiger partial charge in [-0.25, -0.2) is 4.99 Å². The topological polar surface area (TPSA) is 70.8 Å². The van der Waals surface area contributed by atoms with Crippen molar-refractivity contribution in [2.45, 2.75) is 33.7 Å². The molecule has 2 aromatic rings. The van der Waals surface area contributed by atoms with Gasteiger partial charge in [-0.15, -0.1) is 10.2 Å². The van der Waals surface area contributed by atoms with Gasteiger partial charge in [0.2, 0.25) is 0 Å². The van der Waals surface area contributed by atoms with Crippen molar-refractivity contribution in [3.05, 3.63) is 41.5 Å². The molecule has 0 saturated carbocycles. The fourth-order valence-corrected chi connectivity index (χ4v) is 3.77. The molecule has 1 N–H and O–H groups in total. The molecule has 0 atom stereocenters. The Hall–Kier alpha value is -2.61. The summed E-state index contributed by atoms with van der Waals surface area (Å²) in [6.45, 7) is 13.1. The number of piperazine rings is 1. The van der Waals surface area contributed by atoms with Gasteiger partial charge in [0, 0.05) is 46.3 Å². The number of aliphatic imine (C=N–C) groups is 1. The number of nitrogens with zero attached hydrogens (tertiary/aromatic N) is 6. The van der Waals surface area contributed by atoms with Gasteiger partial charge >= 0.3 is 0 Å². The predicted molar refractivity (Wildman–Crippen MR) is 124 cm³/mol.